The van der Waals surface area contributed by atoms with Gasteiger partial charge >= 0.3 is 0 Å². The Kier molecular flexibility index (Phi) is 4.66. The van der Waals surface area contributed by atoms with Gasteiger partial charge in [-0.1, -0.05) is 12.5 Å². The molecule has 1 aliphatic heterocycles. The van der Waals surface area contributed by atoms with Crippen LogP contribution in [0, 0.1) is 0 Å². The zero-order chi connectivity index (χ0) is 14.8. The van der Waals surface area contributed by atoms with Crippen molar-refractivity contribution in [2.24, 2.45) is 0 Å². The van der Waals surface area contributed by atoms with Gasteiger partial charge < -0.3 is 9.67 Å². The first-order valence-corrected chi connectivity index (χ1v) is 8.83. The third-order valence-corrected chi connectivity index (χ3v) is 5.69. The van der Waals surface area contributed by atoms with Gasteiger partial charge in [0.25, 0.3) is 0 Å². The van der Waals surface area contributed by atoms with Crippen molar-refractivity contribution in [3.05, 3.63) is 34.1 Å². The third-order valence-electron chi connectivity index (χ3n) is 3.72. The Morgan fingerprint density at radius 3 is 2.90 bits per heavy atom. The molecule has 3 rings (SSSR count). The molecule has 0 amide bonds. The Labute approximate surface area is 137 Å². The minimum absolute atomic E-state index is 0.454. The minimum atomic E-state index is -0.454. The summed E-state index contributed by atoms with van der Waals surface area (Å²) in [6.45, 7) is 2.78. The van der Waals surface area contributed by atoms with Gasteiger partial charge in [0.2, 0.25) is 0 Å². The molecule has 1 atom stereocenters. The Morgan fingerprint density at radius 2 is 2.14 bits per heavy atom. The fourth-order valence-corrected chi connectivity index (χ4v) is 4.01. The summed E-state index contributed by atoms with van der Waals surface area (Å²) in [5.74, 6) is 1.10. The molecule has 1 aromatic carbocycles. The number of fused-ring (bicyclic) bond motifs is 1. The summed E-state index contributed by atoms with van der Waals surface area (Å²) in [5.41, 5.74) is 0.909. The summed E-state index contributed by atoms with van der Waals surface area (Å²) in [7, 11) is 0. The largest absolute Gasteiger partial charge is 0.389 e. The molecule has 0 spiro atoms. The van der Waals surface area contributed by atoms with E-state index in [1.807, 2.05) is 18.2 Å². The second-order valence-corrected chi connectivity index (χ2v) is 7.19. The van der Waals surface area contributed by atoms with Gasteiger partial charge in [-0.05, 0) is 65.2 Å². The number of aryl methyl sites for hydroxylation is 1. The van der Waals surface area contributed by atoms with Gasteiger partial charge in [-0.2, -0.15) is 0 Å². The number of hydrogen-bond donors (Lipinski definition) is 1. The lowest BCUT2D eigenvalue weighted by molar-refractivity contribution is 0.199. The number of aromatic nitrogens is 3. The zero-order valence-electron chi connectivity index (χ0n) is 11.9. The number of nitrogens with zero attached hydrogens (tertiary/aromatic N) is 3. The van der Waals surface area contributed by atoms with Crippen molar-refractivity contribution in [2.45, 2.75) is 55.3 Å². The predicted molar refractivity (Wildman–Crippen MR) is 86.5 cm³/mol. The summed E-state index contributed by atoms with van der Waals surface area (Å²) >= 11 is 5.21. The molecule has 1 aliphatic rings. The van der Waals surface area contributed by atoms with Crippen molar-refractivity contribution in [3.8, 4) is 0 Å². The molecule has 1 aromatic heterocycles. The van der Waals surface area contributed by atoms with Crippen LogP contribution in [0.25, 0.3) is 0 Å². The fourth-order valence-electron chi connectivity index (χ4n) is 2.49. The maximum atomic E-state index is 9.63. The topological polar surface area (TPSA) is 50.9 Å². The summed E-state index contributed by atoms with van der Waals surface area (Å²) in [6.07, 6.45) is 4.23. The van der Waals surface area contributed by atoms with Crippen molar-refractivity contribution in [2.75, 3.05) is 0 Å². The highest BCUT2D eigenvalue weighted by Gasteiger charge is 2.16. The van der Waals surface area contributed by atoms with Crippen molar-refractivity contribution in [3.63, 3.8) is 0 Å². The van der Waals surface area contributed by atoms with Gasteiger partial charge in [0.05, 0.1) is 6.10 Å². The van der Waals surface area contributed by atoms with Crippen LogP contribution in [-0.4, -0.2) is 19.9 Å². The molecule has 2 heterocycles. The van der Waals surface area contributed by atoms with Crippen molar-refractivity contribution in [1.82, 2.24) is 14.8 Å². The predicted octanol–water partition coefficient (Wildman–Crippen LogP) is 3.97. The molecule has 4 nitrogen and oxygen atoms in total. The van der Waals surface area contributed by atoms with Crippen LogP contribution in [0.5, 0.6) is 0 Å². The molecule has 0 fully saturated rings. The van der Waals surface area contributed by atoms with E-state index < -0.39 is 6.10 Å². The number of aliphatic hydroxyl groups is 1. The first-order valence-electron chi connectivity index (χ1n) is 7.22. The van der Waals surface area contributed by atoms with Crippen LogP contribution in [0.15, 0.2) is 32.7 Å². The van der Waals surface area contributed by atoms with Gasteiger partial charge in [0.15, 0.2) is 5.16 Å². The summed E-state index contributed by atoms with van der Waals surface area (Å²) in [4.78, 5) is 1.10. The number of halogens is 1. The van der Waals surface area contributed by atoms with Crippen LogP contribution in [0.4, 0.5) is 0 Å². The molecular formula is C15H18BrN3OS. The smallest absolute Gasteiger partial charge is 0.196 e. The van der Waals surface area contributed by atoms with Crippen molar-refractivity contribution in [1.29, 1.82) is 0 Å². The number of hydrogen-bond acceptors (Lipinski definition) is 4. The van der Waals surface area contributed by atoms with Crippen LogP contribution in [-0.2, 0) is 13.0 Å². The Hall–Kier alpha value is -0.850. The maximum absolute atomic E-state index is 9.63. The number of benzene rings is 1. The van der Waals surface area contributed by atoms with E-state index in [-0.39, 0.29) is 0 Å². The second-order valence-electron chi connectivity index (χ2n) is 5.33. The van der Waals surface area contributed by atoms with E-state index in [2.05, 4.69) is 30.7 Å². The molecule has 1 unspecified atom stereocenters. The van der Waals surface area contributed by atoms with Crippen molar-refractivity contribution < 1.29 is 5.11 Å². The molecule has 0 saturated heterocycles. The number of aliphatic hydroxyl groups excluding tert-OH is 1. The third kappa shape index (κ3) is 3.33. The van der Waals surface area contributed by atoms with E-state index in [1.54, 1.807) is 18.7 Å². The van der Waals surface area contributed by atoms with Gasteiger partial charge in [-0.3, -0.25) is 0 Å². The highest BCUT2D eigenvalue weighted by atomic mass is 79.9. The van der Waals surface area contributed by atoms with Crippen LogP contribution < -0.4 is 0 Å². The van der Waals surface area contributed by atoms with E-state index >= 15 is 0 Å². The molecule has 6 heteroatoms. The number of rotatable bonds is 3. The van der Waals surface area contributed by atoms with Crippen molar-refractivity contribution >= 4 is 27.7 Å². The molecule has 112 valence electrons. The zero-order valence-corrected chi connectivity index (χ0v) is 14.3. The van der Waals surface area contributed by atoms with Gasteiger partial charge in [-0.25, -0.2) is 0 Å². The van der Waals surface area contributed by atoms with E-state index in [9.17, 15) is 5.11 Å². The lowest BCUT2D eigenvalue weighted by Gasteiger charge is -2.10. The van der Waals surface area contributed by atoms with Crippen LogP contribution in [0.2, 0.25) is 0 Å². The average molecular weight is 368 g/mol. The lowest BCUT2D eigenvalue weighted by atomic mass is 10.1. The molecule has 0 saturated carbocycles. The van der Waals surface area contributed by atoms with Gasteiger partial charge in [0, 0.05) is 22.3 Å². The van der Waals surface area contributed by atoms with E-state index in [0.717, 1.165) is 38.9 Å². The Balaban J connectivity index is 1.85. The molecule has 1 N–H and O–H groups in total. The standard InChI is InChI=1S/C15H18BrN3OS/c1-10(20)11-6-7-13(12(16)9-11)21-15-18-17-14-5-3-2-4-8-19(14)15/h6-7,9-10,20H,2-5,8H2,1H3. The van der Waals surface area contributed by atoms with Crippen LogP contribution in [0.1, 0.15) is 43.7 Å². The first kappa shape index (κ1) is 15.1. The molecular weight excluding hydrogens is 350 g/mol. The maximum Gasteiger partial charge on any atom is 0.196 e. The van der Waals surface area contributed by atoms with Gasteiger partial charge in [-0.15, -0.1) is 10.2 Å². The highest BCUT2D eigenvalue weighted by Crippen LogP contribution is 2.35. The fraction of sp³-hybridized carbons (Fsp3) is 0.467. The molecule has 21 heavy (non-hydrogen) atoms. The quantitative estimate of drug-likeness (QED) is 0.891. The van der Waals surface area contributed by atoms with Crippen LogP contribution in [0.3, 0.4) is 0 Å². The molecule has 2 aromatic rings. The first-order chi connectivity index (χ1) is 10.1. The summed E-state index contributed by atoms with van der Waals surface area (Å²) < 4.78 is 3.23. The second kappa shape index (κ2) is 6.50. The summed E-state index contributed by atoms with van der Waals surface area (Å²) in [5, 5.41) is 19.3. The normalized spacial score (nSPS) is 16.3. The van der Waals surface area contributed by atoms with E-state index in [4.69, 9.17) is 0 Å². The molecule has 0 radical (unpaired) electrons. The van der Waals surface area contributed by atoms with E-state index in [1.165, 1.54) is 19.3 Å². The van der Waals surface area contributed by atoms with E-state index in [0.29, 0.717) is 0 Å². The van der Waals surface area contributed by atoms with Gasteiger partial charge in [0.1, 0.15) is 5.82 Å². The molecule has 0 bridgehead atoms. The van der Waals surface area contributed by atoms with Crippen LogP contribution >= 0.6 is 27.7 Å². The monoisotopic (exact) mass is 367 g/mol. The average Bonchev–Trinajstić information content (AvgIpc) is 2.69. The molecule has 0 aliphatic carbocycles. The Bertz CT molecular complexity index is 642. The minimum Gasteiger partial charge on any atom is -0.389 e. The lowest BCUT2D eigenvalue weighted by Crippen LogP contribution is -2.02. The Morgan fingerprint density at radius 1 is 1.29 bits per heavy atom. The summed E-state index contributed by atoms with van der Waals surface area (Å²) in [6, 6.07) is 5.94. The highest BCUT2D eigenvalue weighted by molar-refractivity contribution is 9.10. The SMILES string of the molecule is CC(O)c1ccc(Sc2nnc3n2CCCCC3)c(Br)c1.